The van der Waals surface area contributed by atoms with Crippen LogP contribution in [-0.4, -0.2) is 0 Å². The minimum Gasteiger partial charge on any atom is -0.0683 e. The van der Waals surface area contributed by atoms with Crippen LogP contribution in [0.2, 0.25) is 0 Å². The van der Waals surface area contributed by atoms with E-state index in [0.717, 1.165) is 0 Å². The molecule has 0 amide bonds. The maximum Gasteiger partial charge on any atom is 0.0102 e. The minimum atomic E-state index is 0.604. The molecule has 18 heavy (non-hydrogen) atoms. The quantitative estimate of drug-likeness (QED) is 0.611. The lowest BCUT2D eigenvalue weighted by Gasteiger charge is -2.12. The van der Waals surface area contributed by atoms with Crippen LogP contribution in [0.25, 0.3) is 11.1 Å². The SMILES string of the molecule is CC.CCC1c2ccccc2-c2cccc(C)c21. The lowest BCUT2D eigenvalue weighted by atomic mass is 9.91. The molecule has 0 saturated heterocycles. The lowest BCUT2D eigenvalue weighted by molar-refractivity contribution is 0.791. The van der Waals surface area contributed by atoms with Gasteiger partial charge in [0.05, 0.1) is 0 Å². The molecular formula is C18H22. The molecule has 2 aromatic rings. The predicted octanol–water partition coefficient (Wildman–Crippen LogP) is 5.54. The Morgan fingerprint density at radius 3 is 2.28 bits per heavy atom. The standard InChI is InChI=1S/C16H16.C2H6/c1-3-12-13-8-4-5-9-14(13)15-10-6-7-11(2)16(12)15;1-2/h4-10,12H,3H2,1-2H3;1-2H3. The monoisotopic (exact) mass is 238 g/mol. The molecule has 0 heterocycles. The van der Waals surface area contributed by atoms with E-state index < -0.39 is 0 Å². The molecule has 0 N–H and O–H groups in total. The van der Waals surface area contributed by atoms with Gasteiger partial charge in [-0.05, 0) is 41.2 Å². The molecule has 1 aliphatic carbocycles. The summed E-state index contributed by atoms with van der Waals surface area (Å²) < 4.78 is 0. The van der Waals surface area contributed by atoms with E-state index in [9.17, 15) is 0 Å². The third kappa shape index (κ3) is 1.86. The van der Waals surface area contributed by atoms with Crippen LogP contribution < -0.4 is 0 Å². The third-order valence-electron chi connectivity index (χ3n) is 3.71. The molecule has 1 aliphatic rings. The van der Waals surface area contributed by atoms with Gasteiger partial charge in [0.15, 0.2) is 0 Å². The van der Waals surface area contributed by atoms with Crippen LogP contribution in [0.15, 0.2) is 42.5 Å². The predicted molar refractivity (Wildman–Crippen MR) is 80.1 cm³/mol. The van der Waals surface area contributed by atoms with Gasteiger partial charge in [0.2, 0.25) is 0 Å². The highest BCUT2D eigenvalue weighted by Crippen LogP contribution is 2.47. The Balaban J connectivity index is 0.000000574. The number of rotatable bonds is 1. The molecule has 1 atom stereocenters. The summed E-state index contributed by atoms with van der Waals surface area (Å²) in [5.74, 6) is 0.604. The van der Waals surface area contributed by atoms with Crippen molar-refractivity contribution in [2.24, 2.45) is 0 Å². The zero-order chi connectivity index (χ0) is 13.1. The summed E-state index contributed by atoms with van der Waals surface area (Å²) in [4.78, 5) is 0. The molecule has 0 bridgehead atoms. The van der Waals surface area contributed by atoms with Gasteiger partial charge in [-0.2, -0.15) is 0 Å². The highest BCUT2D eigenvalue weighted by Gasteiger charge is 2.27. The summed E-state index contributed by atoms with van der Waals surface area (Å²) in [6, 6.07) is 15.5. The smallest absolute Gasteiger partial charge is 0.0102 e. The van der Waals surface area contributed by atoms with E-state index in [-0.39, 0.29) is 0 Å². The van der Waals surface area contributed by atoms with Crippen LogP contribution in [0, 0.1) is 6.92 Å². The van der Waals surface area contributed by atoms with Crippen molar-refractivity contribution in [1.82, 2.24) is 0 Å². The Morgan fingerprint density at radius 2 is 1.56 bits per heavy atom. The first kappa shape index (κ1) is 12.9. The first-order valence-electron chi connectivity index (χ1n) is 7.01. The van der Waals surface area contributed by atoms with Crippen molar-refractivity contribution in [3.8, 4) is 11.1 Å². The molecule has 2 aromatic carbocycles. The molecule has 0 fully saturated rings. The van der Waals surface area contributed by atoms with Crippen LogP contribution in [-0.2, 0) is 0 Å². The second-order valence-corrected chi connectivity index (χ2v) is 4.58. The molecule has 3 rings (SSSR count). The van der Waals surface area contributed by atoms with E-state index in [1.165, 1.54) is 28.7 Å². The number of hydrogen-bond donors (Lipinski definition) is 0. The van der Waals surface area contributed by atoms with Crippen molar-refractivity contribution < 1.29 is 0 Å². The number of hydrogen-bond acceptors (Lipinski definition) is 0. The van der Waals surface area contributed by atoms with Gasteiger partial charge in [0.25, 0.3) is 0 Å². The van der Waals surface area contributed by atoms with Crippen molar-refractivity contribution in [2.45, 2.75) is 40.0 Å². The highest BCUT2D eigenvalue weighted by molar-refractivity contribution is 5.79. The fourth-order valence-corrected chi connectivity index (χ4v) is 3.00. The molecule has 0 aliphatic heterocycles. The lowest BCUT2D eigenvalue weighted by Crippen LogP contribution is -1.96. The van der Waals surface area contributed by atoms with Crippen molar-refractivity contribution >= 4 is 0 Å². The average Bonchev–Trinajstić information content (AvgIpc) is 2.76. The van der Waals surface area contributed by atoms with Crippen LogP contribution in [0.4, 0.5) is 0 Å². The van der Waals surface area contributed by atoms with Crippen LogP contribution in [0.5, 0.6) is 0 Å². The maximum atomic E-state index is 2.28. The zero-order valence-electron chi connectivity index (χ0n) is 11.8. The van der Waals surface area contributed by atoms with E-state index in [4.69, 9.17) is 0 Å². The summed E-state index contributed by atoms with van der Waals surface area (Å²) in [7, 11) is 0. The molecule has 0 aromatic heterocycles. The van der Waals surface area contributed by atoms with Crippen molar-refractivity contribution in [2.75, 3.05) is 0 Å². The minimum absolute atomic E-state index is 0.604. The van der Waals surface area contributed by atoms with Gasteiger partial charge in [-0.1, -0.05) is 63.2 Å². The Bertz CT molecular complexity index is 537. The van der Waals surface area contributed by atoms with E-state index in [0.29, 0.717) is 5.92 Å². The van der Waals surface area contributed by atoms with E-state index in [2.05, 4.69) is 56.3 Å². The fraction of sp³-hybridized carbons (Fsp3) is 0.333. The fourth-order valence-electron chi connectivity index (χ4n) is 3.00. The highest BCUT2D eigenvalue weighted by atomic mass is 14.3. The first-order chi connectivity index (χ1) is 8.83. The third-order valence-corrected chi connectivity index (χ3v) is 3.71. The second-order valence-electron chi connectivity index (χ2n) is 4.58. The molecule has 0 saturated carbocycles. The molecule has 1 unspecified atom stereocenters. The van der Waals surface area contributed by atoms with Gasteiger partial charge < -0.3 is 0 Å². The summed E-state index contributed by atoms with van der Waals surface area (Å²) in [5, 5.41) is 0. The Labute approximate surface area is 111 Å². The largest absolute Gasteiger partial charge is 0.0683 e. The van der Waals surface area contributed by atoms with Crippen molar-refractivity contribution in [3.05, 3.63) is 59.2 Å². The Kier molecular flexibility index (Phi) is 3.86. The topological polar surface area (TPSA) is 0 Å². The number of benzene rings is 2. The van der Waals surface area contributed by atoms with Crippen molar-refractivity contribution in [1.29, 1.82) is 0 Å². The van der Waals surface area contributed by atoms with Crippen LogP contribution in [0.3, 0.4) is 0 Å². The van der Waals surface area contributed by atoms with E-state index >= 15 is 0 Å². The molecule has 0 spiro atoms. The first-order valence-corrected chi connectivity index (χ1v) is 7.01. The maximum absolute atomic E-state index is 2.28. The van der Waals surface area contributed by atoms with Gasteiger partial charge in [0.1, 0.15) is 0 Å². The van der Waals surface area contributed by atoms with Crippen molar-refractivity contribution in [3.63, 3.8) is 0 Å². The summed E-state index contributed by atoms with van der Waals surface area (Å²) >= 11 is 0. The van der Waals surface area contributed by atoms with Crippen LogP contribution >= 0.6 is 0 Å². The Hall–Kier alpha value is -1.56. The molecule has 0 radical (unpaired) electrons. The average molecular weight is 238 g/mol. The number of fused-ring (bicyclic) bond motifs is 3. The van der Waals surface area contributed by atoms with Gasteiger partial charge in [-0.25, -0.2) is 0 Å². The van der Waals surface area contributed by atoms with Gasteiger partial charge in [0, 0.05) is 5.92 Å². The van der Waals surface area contributed by atoms with Gasteiger partial charge in [-0.15, -0.1) is 0 Å². The second kappa shape index (κ2) is 5.39. The van der Waals surface area contributed by atoms with E-state index in [1.54, 1.807) is 5.56 Å². The molecule has 0 nitrogen and oxygen atoms in total. The van der Waals surface area contributed by atoms with E-state index in [1.807, 2.05) is 13.8 Å². The zero-order valence-corrected chi connectivity index (χ0v) is 11.8. The van der Waals surface area contributed by atoms with Gasteiger partial charge >= 0.3 is 0 Å². The normalized spacial score (nSPS) is 15.4. The number of aryl methyl sites for hydroxylation is 1. The van der Waals surface area contributed by atoms with Gasteiger partial charge in [-0.3, -0.25) is 0 Å². The molecule has 0 heteroatoms. The molecular weight excluding hydrogens is 216 g/mol. The molecule has 94 valence electrons. The summed E-state index contributed by atoms with van der Waals surface area (Å²) in [5.41, 5.74) is 7.37. The summed E-state index contributed by atoms with van der Waals surface area (Å²) in [6.45, 7) is 8.51. The summed E-state index contributed by atoms with van der Waals surface area (Å²) in [6.07, 6.45) is 1.19. The Morgan fingerprint density at radius 1 is 0.889 bits per heavy atom. The van der Waals surface area contributed by atoms with Crippen LogP contribution in [0.1, 0.15) is 49.8 Å².